The van der Waals surface area contributed by atoms with Crippen molar-refractivity contribution < 1.29 is 9.90 Å². The molecule has 2 atom stereocenters. The Labute approximate surface area is 116 Å². The Kier molecular flexibility index (Phi) is 4.51. The molecule has 0 amide bonds. The molecule has 2 unspecified atom stereocenters. The van der Waals surface area contributed by atoms with Gasteiger partial charge < -0.3 is 5.11 Å². The third-order valence-electron chi connectivity index (χ3n) is 3.22. The van der Waals surface area contributed by atoms with Gasteiger partial charge in [-0.3, -0.25) is 0 Å². The Morgan fingerprint density at radius 2 is 2.33 bits per heavy atom. The second-order valence-electron chi connectivity index (χ2n) is 4.83. The molecule has 98 valence electrons. The van der Waals surface area contributed by atoms with Gasteiger partial charge in [-0.05, 0) is 24.8 Å². The van der Waals surface area contributed by atoms with Crippen LogP contribution in [0.1, 0.15) is 43.0 Å². The van der Waals surface area contributed by atoms with E-state index < -0.39 is 5.97 Å². The molecule has 1 aromatic heterocycles. The van der Waals surface area contributed by atoms with Gasteiger partial charge in [0.1, 0.15) is 5.03 Å². The number of carbonyl (C=O) groups is 1. The molecule has 0 saturated heterocycles. The van der Waals surface area contributed by atoms with Gasteiger partial charge in [-0.2, -0.15) is 0 Å². The Hall–Kier alpha value is -0.740. The first-order chi connectivity index (χ1) is 8.56. The molecule has 1 fully saturated rings. The molecular formula is C13H16ClNO2S. The molecule has 5 heteroatoms. The van der Waals surface area contributed by atoms with Crippen LogP contribution in [0.15, 0.2) is 17.3 Å². The van der Waals surface area contributed by atoms with Crippen LogP contribution in [0.3, 0.4) is 0 Å². The molecule has 0 bridgehead atoms. The van der Waals surface area contributed by atoms with Crippen molar-refractivity contribution in [3.8, 4) is 0 Å². The minimum Gasteiger partial charge on any atom is -0.478 e. The number of carboxylic acids is 1. The van der Waals surface area contributed by atoms with Crippen LogP contribution in [-0.2, 0) is 0 Å². The number of hydrogen-bond acceptors (Lipinski definition) is 3. The van der Waals surface area contributed by atoms with Crippen molar-refractivity contribution in [2.24, 2.45) is 5.92 Å². The summed E-state index contributed by atoms with van der Waals surface area (Å²) in [4.78, 5) is 15.0. The van der Waals surface area contributed by atoms with Crippen LogP contribution in [0.25, 0.3) is 0 Å². The highest BCUT2D eigenvalue weighted by Crippen LogP contribution is 2.37. The average Bonchev–Trinajstić information content (AvgIpc) is 2.31. The van der Waals surface area contributed by atoms with Crippen molar-refractivity contribution >= 4 is 29.3 Å². The molecule has 1 saturated carbocycles. The zero-order valence-corrected chi connectivity index (χ0v) is 11.8. The van der Waals surface area contributed by atoms with Crippen LogP contribution in [0, 0.1) is 5.92 Å². The maximum absolute atomic E-state index is 10.8. The maximum Gasteiger partial charge on any atom is 0.337 e. The van der Waals surface area contributed by atoms with Gasteiger partial charge in [0.05, 0.1) is 10.6 Å². The normalized spacial score (nSPS) is 23.9. The third-order valence-corrected chi connectivity index (χ3v) is 4.93. The van der Waals surface area contributed by atoms with Crippen molar-refractivity contribution in [3.05, 3.63) is 22.8 Å². The molecule has 2 rings (SSSR count). The van der Waals surface area contributed by atoms with Gasteiger partial charge in [0.2, 0.25) is 0 Å². The molecule has 18 heavy (non-hydrogen) atoms. The van der Waals surface area contributed by atoms with Gasteiger partial charge in [0.25, 0.3) is 0 Å². The van der Waals surface area contributed by atoms with Crippen LogP contribution in [0.5, 0.6) is 0 Å². The van der Waals surface area contributed by atoms with Gasteiger partial charge in [-0.1, -0.05) is 31.4 Å². The summed E-state index contributed by atoms with van der Waals surface area (Å²) in [6, 6.07) is 1.48. The Balaban J connectivity index is 2.07. The molecule has 1 N–H and O–H groups in total. The number of nitrogens with zero attached hydrogens (tertiary/aromatic N) is 1. The van der Waals surface area contributed by atoms with Crippen LogP contribution >= 0.6 is 23.4 Å². The number of carboxylic acid groups (broad SMARTS) is 1. The van der Waals surface area contributed by atoms with Crippen LogP contribution in [0.2, 0.25) is 5.02 Å². The van der Waals surface area contributed by atoms with E-state index in [4.69, 9.17) is 16.7 Å². The van der Waals surface area contributed by atoms with Crippen molar-refractivity contribution in [1.29, 1.82) is 0 Å². The van der Waals surface area contributed by atoms with Crippen molar-refractivity contribution in [1.82, 2.24) is 4.98 Å². The van der Waals surface area contributed by atoms with Crippen molar-refractivity contribution in [2.45, 2.75) is 42.9 Å². The number of aromatic carboxylic acids is 1. The molecule has 0 radical (unpaired) electrons. The second kappa shape index (κ2) is 5.93. The number of thioether (sulfide) groups is 1. The zero-order valence-electron chi connectivity index (χ0n) is 10.2. The van der Waals surface area contributed by atoms with E-state index in [9.17, 15) is 4.79 Å². The highest BCUT2D eigenvalue weighted by Gasteiger charge is 2.21. The van der Waals surface area contributed by atoms with E-state index in [0.29, 0.717) is 10.3 Å². The maximum atomic E-state index is 10.8. The molecule has 0 aliphatic heterocycles. The summed E-state index contributed by atoms with van der Waals surface area (Å²) in [5.74, 6) is -0.236. The van der Waals surface area contributed by atoms with E-state index in [1.807, 2.05) is 0 Å². The molecule has 1 aliphatic rings. The fraction of sp³-hybridized carbons (Fsp3) is 0.538. The molecule has 1 aromatic rings. The summed E-state index contributed by atoms with van der Waals surface area (Å²) in [5, 5.41) is 10.6. The van der Waals surface area contributed by atoms with E-state index in [2.05, 4.69) is 11.9 Å². The first kappa shape index (κ1) is 13.7. The summed E-state index contributed by atoms with van der Waals surface area (Å²) in [5.41, 5.74) is 0.140. The first-order valence-corrected chi connectivity index (χ1v) is 7.37. The molecule has 3 nitrogen and oxygen atoms in total. The van der Waals surface area contributed by atoms with Crippen LogP contribution < -0.4 is 0 Å². The fourth-order valence-corrected chi connectivity index (χ4v) is 3.88. The summed E-state index contributed by atoms with van der Waals surface area (Å²) in [6.45, 7) is 2.27. The first-order valence-electron chi connectivity index (χ1n) is 6.11. The summed E-state index contributed by atoms with van der Waals surface area (Å²) in [7, 11) is 0. The highest BCUT2D eigenvalue weighted by atomic mass is 35.5. The van der Waals surface area contributed by atoms with E-state index >= 15 is 0 Å². The largest absolute Gasteiger partial charge is 0.478 e. The molecule has 0 spiro atoms. The standard InChI is InChI=1S/C13H16ClNO2S/c1-8-3-2-4-10(5-8)18-12-11(14)6-9(7-15-12)13(16)17/h6-8,10H,2-5H2,1H3,(H,16,17). The predicted octanol–water partition coefficient (Wildman–Crippen LogP) is 4.10. The lowest BCUT2D eigenvalue weighted by molar-refractivity contribution is 0.0696. The minimum absolute atomic E-state index is 0.140. The topological polar surface area (TPSA) is 50.2 Å². The van der Waals surface area contributed by atoms with Gasteiger partial charge in [0.15, 0.2) is 0 Å². The zero-order chi connectivity index (χ0) is 13.1. The van der Waals surface area contributed by atoms with Crippen LogP contribution in [-0.4, -0.2) is 21.3 Å². The van der Waals surface area contributed by atoms with E-state index in [1.54, 1.807) is 11.8 Å². The van der Waals surface area contributed by atoms with Crippen LogP contribution in [0.4, 0.5) is 0 Å². The van der Waals surface area contributed by atoms with Gasteiger partial charge in [-0.25, -0.2) is 9.78 Å². The van der Waals surface area contributed by atoms with Crippen molar-refractivity contribution in [2.75, 3.05) is 0 Å². The Morgan fingerprint density at radius 3 is 2.94 bits per heavy atom. The highest BCUT2D eigenvalue weighted by molar-refractivity contribution is 8.00. The van der Waals surface area contributed by atoms with Crippen molar-refractivity contribution in [3.63, 3.8) is 0 Å². The monoisotopic (exact) mass is 285 g/mol. The van der Waals surface area contributed by atoms with Gasteiger partial charge >= 0.3 is 5.97 Å². The second-order valence-corrected chi connectivity index (χ2v) is 6.52. The summed E-state index contributed by atoms with van der Waals surface area (Å²) < 4.78 is 0. The lowest BCUT2D eigenvalue weighted by atomic mass is 9.91. The van der Waals surface area contributed by atoms with Gasteiger partial charge in [-0.15, -0.1) is 11.8 Å². The SMILES string of the molecule is CC1CCCC(Sc2ncc(C(=O)O)cc2Cl)C1. The van der Waals surface area contributed by atoms with E-state index in [-0.39, 0.29) is 5.56 Å². The average molecular weight is 286 g/mol. The van der Waals surface area contributed by atoms with Gasteiger partial charge in [0, 0.05) is 11.4 Å². The lowest BCUT2D eigenvalue weighted by Crippen LogP contribution is -2.15. The lowest BCUT2D eigenvalue weighted by Gasteiger charge is -2.26. The third kappa shape index (κ3) is 3.39. The fourth-order valence-electron chi connectivity index (χ4n) is 2.27. The molecule has 1 aliphatic carbocycles. The molecular weight excluding hydrogens is 270 g/mol. The number of rotatable bonds is 3. The smallest absolute Gasteiger partial charge is 0.337 e. The number of pyridine rings is 1. The van der Waals surface area contributed by atoms with E-state index in [1.165, 1.54) is 37.9 Å². The molecule has 0 aromatic carbocycles. The summed E-state index contributed by atoms with van der Waals surface area (Å²) >= 11 is 7.76. The number of halogens is 1. The number of aromatic nitrogens is 1. The summed E-state index contributed by atoms with van der Waals surface area (Å²) in [6.07, 6.45) is 6.31. The quantitative estimate of drug-likeness (QED) is 0.908. The Morgan fingerprint density at radius 1 is 1.56 bits per heavy atom. The number of hydrogen-bond donors (Lipinski definition) is 1. The predicted molar refractivity (Wildman–Crippen MR) is 73.5 cm³/mol. The van der Waals surface area contributed by atoms with E-state index in [0.717, 1.165) is 10.9 Å². The Bertz CT molecular complexity index is 453. The minimum atomic E-state index is -0.993. The molecule has 1 heterocycles.